The fraction of sp³-hybridized carbons (Fsp3) is 0.700. The fourth-order valence-corrected chi connectivity index (χ4v) is 1.23. The molecule has 0 aliphatic rings. The zero-order chi connectivity index (χ0) is 12.0. The highest BCUT2D eigenvalue weighted by molar-refractivity contribution is 5.76. The van der Waals surface area contributed by atoms with Crippen molar-refractivity contribution in [1.29, 1.82) is 0 Å². The van der Waals surface area contributed by atoms with Crippen molar-refractivity contribution in [1.82, 2.24) is 20.1 Å². The summed E-state index contributed by atoms with van der Waals surface area (Å²) in [5.41, 5.74) is -0.551. The van der Waals surface area contributed by atoms with Crippen LogP contribution in [0.15, 0.2) is 12.7 Å². The number of rotatable bonds is 6. The standard InChI is InChI=1S/C10H18N4O2/c1-10(2,6-15)13-9(16)4-3-5-14-8-11-7-12-14/h7-8,15H,3-6H2,1-2H3,(H,13,16). The molecule has 1 rings (SSSR count). The van der Waals surface area contributed by atoms with Gasteiger partial charge in [-0.1, -0.05) is 0 Å². The van der Waals surface area contributed by atoms with Gasteiger partial charge in [-0.25, -0.2) is 4.98 Å². The van der Waals surface area contributed by atoms with E-state index in [1.807, 2.05) is 0 Å². The number of nitrogens with one attached hydrogen (secondary N) is 1. The van der Waals surface area contributed by atoms with E-state index >= 15 is 0 Å². The molecule has 0 atom stereocenters. The second-order valence-electron chi connectivity index (χ2n) is 4.35. The van der Waals surface area contributed by atoms with Gasteiger partial charge < -0.3 is 10.4 Å². The Labute approximate surface area is 94.7 Å². The molecule has 0 spiro atoms. The van der Waals surface area contributed by atoms with E-state index in [2.05, 4.69) is 15.4 Å². The zero-order valence-electron chi connectivity index (χ0n) is 9.68. The second kappa shape index (κ2) is 5.60. The molecule has 1 aromatic heterocycles. The number of aromatic nitrogens is 3. The van der Waals surface area contributed by atoms with Crippen LogP contribution in [0.2, 0.25) is 0 Å². The Bertz CT molecular complexity index is 322. The number of aryl methyl sites for hydroxylation is 1. The van der Waals surface area contributed by atoms with Crippen LogP contribution in [0.3, 0.4) is 0 Å². The number of aliphatic hydroxyl groups is 1. The lowest BCUT2D eigenvalue weighted by molar-refractivity contribution is -0.123. The zero-order valence-corrected chi connectivity index (χ0v) is 9.68. The normalized spacial score (nSPS) is 11.4. The summed E-state index contributed by atoms with van der Waals surface area (Å²) in [6, 6.07) is 0. The van der Waals surface area contributed by atoms with Gasteiger partial charge in [0, 0.05) is 13.0 Å². The number of carbonyl (C=O) groups is 1. The average Bonchev–Trinajstić information content (AvgIpc) is 2.70. The second-order valence-corrected chi connectivity index (χ2v) is 4.35. The minimum atomic E-state index is -0.551. The van der Waals surface area contributed by atoms with E-state index < -0.39 is 5.54 Å². The SMILES string of the molecule is CC(C)(CO)NC(=O)CCCn1cncn1. The minimum absolute atomic E-state index is 0.0563. The van der Waals surface area contributed by atoms with Crippen molar-refractivity contribution in [2.45, 2.75) is 38.8 Å². The van der Waals surface area contributed by atoms with Gasteiger partial charge in [0.1, 0.15) is 12.7 Å². The van der Waals surface area contributed by atoms with Crippen molar-refractivity contribution in [3.05, 3.63) is 12.7 Å². The first-order chi connectivity index (χ1) is 7.53. The van der Waals surface area contributed by atoms with E-state index in [0.717, 1.165) is 0 Å². The lowest BCUT2D eigenvalue weighted by Gasteiger charge is -2.23. The van der Waals surface area contributed by atoms with Gasteiger partial charge in [0.15, 0.2) is 0 Å². The Morgan fingerprint density at radius 1 is 1.56 bits per heavy atom. The molecule has 0 unspecified atom stereocenters. The smallest absolute Gasteiger partial charge is 0.220 e. The molecule has 90 valence electrons. The first-order valence-corrected chi connectivity index (χ1v) is 5.28. The summed E-state index contributed by atoms with van der Waals surface area (Å²) < 4.78 is 1.68. The summed E-state index contributed by atoms with van der Waals surface area (Å²) in [6.45, 7) is 4.17. The van der Waals surface area contributed by atoms with Gasteiger partial charge >= 0.3 is 0 Å². The number of amides is 1. The largest absolute Gasteiger partial charge is 0.394 e. The van der Waals surface area contributed by atoms with Crippen LogP contribution in [0.25, 0.3) is 0 Å². The summed E-state index contributed by atoms with van der Waals surface area (Å²) in [5.74, 6) is -0.0563. The van der Waals surface area contributed by atoms with E-state index in [-0.39, 0.29) is 12.5 Å². The Balaban J connectivity index is 2.20. The lowest BCUT2D eigenvalue weighted by atomic mass is 10.1. The van der Waals surface area contributed by atoms with Gasteiger partial charge in [0.05, 0.1) is 12.1 Å². The summed E-state index contributed by atoms with van der Waals surface area (Å²) >= 11 is 0. The average molecular weight is 226 g/mol. The molecule has 0 saturated heterocycles. The van der Waals surface area contributed by atoms with Crippen molar-refractivity contribution in [2.75, 3.05) is 6.61 Å². The predicted octanol–water partition coefficient (Wildman–Crippen LogP) is -0.0546. The molecule has 0 aliphatic heterocycles. The van der Waals surface area contributed by atoms with Crippen LogP contribution >= 0.6 is 0 Å². The molecule has 2 N–H and O–H groups in total. The van der Waals surface area contributed by atoms with Gasteiger partial charge in [-0.3, -0.25) is 9.48 Å². The first-order valence-electron chi connectivity index (χ1n) is 5.28. The number of hydrogen-bond donors (Lipinski definition) is 2. The van der Waals surface area contributed by atoms with Crippen LogP contribution in [0.5, 0.6) is 0 Å². The maximum Gasteiger partial charge on any atom is 0.220 e. The van der Waals surface area contributed by atoms with Crippen molar-refractivity contribution in [3.8, 4) is 0 Å². The van der Waals surface area contributed by atoms with Crippen LogP contribution in [0.1, 0.15) is 26.7 Å². The lowest BCUT2D eigenvalue weighted by Crippen LogP contribution is -2.46. The molecule has 0 fully saturated rings. The summed E-state index contributed by atoms with van der Waals surface area (Å²) in [6.07, 6.45) is 4.21. The number of carbonyl (C=O) groups excluding carboxylic acids is 1. The topological polar surface area (TPSA) is 80.0 Å². The molecule has 0 aliphatic carbocycles. The monoisotopic (exact) mass is 226 g/mol. The van der Waals surface area contributed by atoms with Crippen LogP contribution in [0.4, 0.5) is 0 Å². The Morgan fingerprint density at radius 3 is 2.88 bits per heavy atom. The molecular weight excluding hydrogens is 208 g/mol. The number of nitrogens with zero attached hydrogens (tertiary/aromatic N) is 3. The van der Waals surface area contributed by atoms with Crippen LogP contribution < -0.4 is 5.32 Å². The van der Waals surface area contributed by atoms with Gasteiger partial charge in [0.2, 0.25) is 5.91 Å². The highest BCUT2D eigenvalue weighted by Gasteiger charge is 2.18. The molecule has 6 heteroatoms. The molecular formula is C10H18N4O2. The van der Waals surface area contributed by atoms with Gasteiger partial charge in [-0.15, -0.1) is 0 Å². The third-order valence-corrected chi connectivity index (χ3v) is 2.13. The van der Waals surface area contributed by atoms with Crippen molar-refractivity contribution >= 4 is 5.91 Å². The Morgan fingerprint density at radius 2 is 2.31 bits per heavy atom. The molecule has 16 heavy (non-hydrogen) atoms. The summed E-state index contributed by atoms with van der Waals surface area (Å²) in [7, 11) is 0. The fourth-order valence-electron chi connectivity index (χ4n) is 1.23. The van der Waals surface area contributed by atoms with Crippen LogP contribution in [-0.4, -0.2) is 37.9 Å². The third-order valence-electron chi connectivity index (χ3n) is 2.13. The number of hydrogen-bond acceptors (Lipinski definition) is 4. The van der Waals surface area contributed by atoms with E-state index in [1.54, 1.807) is 24.9 Å². The molecule has 0 aromatic carbocycles. The summed E-state index contributed by atoms with van der Waals surface area (Å²) in [5, 5.41) is 15.7. The van der Waals surface area contributed by atoms with E-state index in [1.165, 1.54) is 6.33 Å². The van der Waals surface area contributed by atoms with Gasteiger partial charge in [-0.05, 0) is 20.3 Å². The van der Waals surface area contributed by atoms with Gasteiger partial charge in [-0.2, -0.15) is 5.10 Å². The molecule has 6 nitrogen and oxygen atoms in total. The van der Waals surface area contributed by atoms with Crippen molar-refractivity contribution in [2.24, 2.45) is 0 Å². The van der Waals surface area contributed by atoms with Crippen molar-refractivity contribution < 1.29 is 9.90 Å². The van der Waals surface area contributed by atoms with Crippen LogP contribution in [-0.2, 0) is 11.3 Å². The minimum Gasteiger partial charge on any atom is -0.394 e. The molecule has 0 bridgehead atoms. The summed E-state index contributed by atoms with van der Waals surface area (Å²) in [4.78, 5) is 15.3. The van der Waals surface area contributed by atoms with Gasteiger partial charge in [0.25, 0.3) is 0 Å². The molecule has 1 aromatic rings. The molecule has 1 amide bonds. The predicted molar refractivity (Wildman–Crippen MR) is 58.6 cm³/mol. The molecule has 0 saturated carbocycles. The Hall–Kier alpha value is -1.43. The maximum absolute atomic E-state index is 11.5. The molecule has 1 heterocycles. The van der Waals surface area contributed by atoms with E-state index in [4.69, 9.17) is 5.11 Å². The van der Waals surface area contributed by atoms with E-state index in [9.17, 15) is 4.79 Å². The highest BCUT2D eigenvalue weighted by Crippen LogP contribution is 2.01. The maximum atomic E-state index is 11.5. The molecule has 0 radical (unpaired) electrons. The third kappa shape index (κ3) is 4.39. The van der Waals surface area contributed by atoms with E-state index in [0.29, 0.717) is 19.4 Å². The van der Waals surface area contributed by atoms with Crippen molar-refractivity contribution in [3.63, 3.8) is 0 Å². The first kappa shape index (κ1) is 12.6. The van der Waals surface area contributed by atoms with Crippen LogP contribution in [0, 0.1) is 0 Å². The quantitative estimate of drug-likeness (QED) is 0.712. The Kier molecular flexibility index (Phi) is 4.42. The highest BCUT2D eigenvalue weighted by atomic mass is 16.3. The number of aliphatic hydroxyl groups excluding tert-OH is 1.